The number of hydrogen-bond donors (Lipinski definition) is 2. The van der Waals surface area contributed by atoms with Crippen LogP contribution in [0.25, 0.3) is 0 Å². The van der Waals surface area contributed by atoms with Crippen molar-refractivity contribution in [1.29, 1.82) is 5.41 Å². The third kappa shape index (κ3) is 1.10. The number of nitrogens with two attached hydrogens (primary N) is 1. The summed E-state index contributed by atoms with van der Waals surface area (Å²) in [4.78, 5) is 12.0. The van der Waals surface area contributed by atoms with E-state index in [-0.39, 0.29) is 24.2 Å². The minimum Gasteiger partial charge on any atom is -0.471 e. The molecule has 86 valence electrons. The van der Waals surface area contributed by atoms with Crippen molar-refractivity contribution in [2.45, 2.75) is 25.7 Å². The van der Waals surface area contributed by atoms with Gasteiger partial charge in [-0.2, -0.15) is 0 Å². The van der Waals surface area contributed by atoms with Crippen molar-refractivity contribution in [1.82, 2.24) is 0 Å². The van der Waals surface area contributed by atoms with E-state index in [1.54, 1.807) is 0 Å². The average Bonchev–Trinajstić information content (AvgIpc) is 3.10. The van der Waals surface area contributed by atoms with E-state index in [1.165, 1.54) is 31.8 Å². The van der Waals surface area contributed by atoms with Crippen LogP contribution in [0.2, 0.25) is 0 Å². The molecule has 3 N–H and O–H groups in total. The van der Waals surface area contributed by atoms with Gasteiger partial charge in [-0.25, -0.2) is 0 Å². The molecule has 3 aliphatic rings. The molecule has 4 heteroatoms. The second kappa shape index (κ2) is 2.87. The predicted octanol–water partition coefficient (Wildman–Crippen LogP) is 1.21. The molecule has 3 aliphatic carbocycles. The molecule has 3 saturated carbocycles. The van der Waals surface area contributed by atoms with Gasteiger partial charge in [0.2, 0.25) is 0 Å². The van der Waals surface area contributed by atoms with Crippen molar-refractivity contribution in [3.05, 3.63) is 12.0 Å². The molecule has 0 amide bonds. The van der Waals surface area contributed by atoms with Gasteiger partial charge in [0.25, 0.3) is 0 Å². The maximum Gasteiger partial charge on any atom is 0.186 e. The normalized spacial score (nSPS) is 31.2. The van der Waals surface area contributed by atoms with Gasteiger partial charge in [0.05, 0.1) is 0 Å². The van der Waals surface area contributed by atoms with E-state index >= 15 is 0 Å². The van der Waals surface area contributed by atoms with Crippen molar-refractivity contribution in [2.75, 3.05) is 6.61 Å². The second-order valence-electron chi connectivity index (χ2n) is 5.24. The van der Waals surface area contributed by atoms with E-state index in [9.17, 15) is 4.79 Å². The van der Waals surface area contributed by atoms with Crippen molar-refractivity contribution in [2.24, 2.45) is 22.5 Å². The van der Waals surface area contributed by atoms with E-state index in [2.05, 4.69) is 0 Å². The lowest BCUT2D eigenvalue weighted by molar-refractivity contribution is -0.124. The number of hydrogen-bond acceptors (Lipinski definition) is 4. The Labute approximate surface area is 94.3 Å². The molecule has 4 nitrogen and oxygen atoms in total. The predicted molar refractivity (Wildman–Crippen MR) is 58.8 cm³/mol. The zero-order chi connectivity index (χ0) is 11.4. The van der Waals surface area contributed by atoms with Crippen molar-refractivity contribution in [3.63, 3.8) is 0 Å². The first-order valence-electron chi connectivity index (χ1n) is 5.78. The summed E-state index contributed by atoms with van der Waals surface area (Å²) in [6.07, 6.45) is 7.33. The minimum atomic E-state index is 0.0737. The molecule has 0 aromatic heterocycles. The van der Waals surface area contributed by atoms with Gasteiger partial charge >= 0.3 is 0 Å². The number of ether oxygens (including phenoxy) is 1. The summed E-state index contributed by atoms with van der Waals surface area (Å²) in [6.45, 7) is 0.0737. The van der Waals surface area contributed by atoms with Gasteiger partial charge in [-0.3, -0.25) is 4.79 Å². The van der Waals surface area contributed by atoms with Crippen molar-refractivity contribution >= 4 is 12.0 Å². The third-order valence-electron chi connectivity index (χ3n) is 4.54. The molecule has 0 bridgehead atoms. The number of nitrogens with one attached hydrogen (secondary N) is 1. The lowest BCUT2D eigenvalue weighted by Gasteiger charge is -2.03. The van der Waals surface area contributed by atoms with Crippen LogP contribution in [-0.4, -0.2) is 18.6 Å². The smallest absolute Gasteiger partial charge is 0.186 e. The van der Waals surface area contributed by atoms with Crippen molar-refractivity contribution < 1.29 is 9.53 Å². The fraction of sp³-hybridized carbons (Fsp3) is 0.667. The van der Waals surface area contributed by atoms with Crippen LogP contribution >= 0.6 is 0 Å². The zero-order valence-electron chi connectivity index (χ0n) is 9.16. The van der Waals surface area contributed by atoms with Gasteiger partial charge in [-0.05, 0) is 36.5 Å². The lowest BCUT2D eigenvalue weighted by Crippen LogP contribution is -2.15. The first-order valence-corrected chi connectivity index (χ1v) is 5.78. The van der Waals surface area contributed by atoms with Crippen LogP contribution in [0, 0.1) is 22.2 Å². The summed E-state index contributed by atoms with van der Waals surface area (Å²) in [7, 11) is 0. The second-order valence-corrected chi connectivity index (χ2v) is 5.24. The Morgan fingerprint density at radius 3 is 2.38 bits per heavy atom. The van der Waals surface area contributed by atoms with Gasteiger partial charge in [0, 0.05) is 18.2 Å². The number of rotatable bonds is 5. The summed E-state index contributed by atoms with van der Waals surface area (Å²) in [5, 5.41) is 6.82. The van der Waals surface area contributed by atoms with Gasteiger partial charge in [-0.15, -0.1) is 0 Å². The fourth-order valence-corrected chi connectivity index (χ4v) is 3.57. The van der Waals surface area contributed by atoms with Gasteiger partial charge in [-0.1, -0.05) is 0 Å². The number of Topliss-reactive ketones (excluding diaryl/α,β-unsaturated/α-hetero) is 1. The highest BCUT2D eigenvalue weighted by molar-refractivity contribution is 5.89. The Bertz CT molecular complexity index is 374. The van der Waals surface area contributed by atoms with Gasteiger partial charge in [0.15, 0.2) is 11.7 Å². The van der Waals surface area contributed by atoms with Crippen LogP contribution in [0.3, 0.4) is 0 Å². The monoisotopic (exact) mass is 220 g/mol. The topological polar surface area (TPSA) is 76.2 Å². The van der Waals surface area contributed by atoms with E-state index in [0.717, 1.165) is 6.21 Å². The molecule has 2 spiro atoms. The van der Waals surface area contributed by atoms with Crippen LogP contribution in [0.4, 0.5) is 0 Å². The molecule has 16 heavy (non-hydrogen) atoms. The summed E-state index contributed by atoms with van der Waals surface area (Å²) >= 11 is 0. The largest absolute Gasteiger partial charge is 0.471 e. The van der Waals surface area contributed by atoms with Gasteiger partial charge in [0.1, 0.15) is 6.61 Å². The standard InChI is InChI=1S/C12H16N2O2/c13-6-1-9(14)16-7-8(15)10-11(2-3-11)12(10)4-5-12/h1,6,10,13H,2-5,7,14H2/b9-1+,13-6?. The summed E-state index contributed by atoms with van der Waals surface area (Å²) in [6, 6.07) is 0. The lowest BCUT2D eigenvalue weighted by atomic mass is 10.2. The Morgan fingerprint density at radius 1 is 1.38 bits per heavy atom. The molecule has 0 radical (unpaired) electrons. The first-order chi connectivity index (χ1) is 7.66. The quantitative estimate of drug-likeness (QED) is 0.540. The van der Waals surface area contributed by atoms with E-state index in [1.807, 2.05) is 0 Å². The van der Waals surface area contributed by atoms with Gasteiger partial charge < -0.3 is 15.9 Å². The first kappa shape index (κ1) is 9.87. The van der Waals surface area contributed by atoms with Crippen LogP contribution in [-0.2, 0) is 9.53 Å². The molecular weight excluding hydrogens is 204 g/mol. The van der Waals surface area contributed by atoms with Crippen LogP contribution in [0.5, 0.6) is 0 Å². The van der Waals surface area contributed by atoms with Crippen molar-refractivity contribution in [3.8, 4) is 0 Å². The molecule has 0 unspecified atom stereocenters. The van der Waals surface area contributed by atoms with Crippen LogP contribution < -0.4 is 5.73 Å². The molecule has 0 heterocycles. The molecule has 0 saturated heterocycles. The summed E-state index contributed by atoms with van der Waals surface area (Å²) in [5.74, 6) is 0.614. The highest BCUT2D eigenvalue weighted by atomic mass is 16.5. The Balaban J connectivity index is 1.56. The maximum absolute atomic E-state index is 12.0. The number of allylic oxidation sites excluding steroid dienone is 1. The number of fused-ring (bicyclic) bond motifs is 1. The zero-order valence-corrected chi connectivity index (χ0v) is 9.16. The average molecular weight is 220 g/mol. The number of carbonyl (C=O) groups excluding carboxylic acids is 1. The highest BCUT2D eigenvalue weighted by Crippen LogP contribution is 2.92. The number of ketones is 1. The molecule has 0 aliphatic heterocycles. The summed E-state index contributed by atoms with van der Waals surface area (Å²) < 4.78 is 5.13. The summed E-state index contributed by atoms with van der Waals surface area (Å²) in [5.41, 5.74) is 6.25. The molecule has 0 aromatic rings. The minimum absolute atomic E-state index is 0.0737. The third-order valence-corrected chi connectivity index (χ3v) is 4.54. The van der Waals surface area contributed by atoms with Crippen LogP contribution in [0.1, 0.15) is 25.7 Å². The Hall–Kier alpha value is -1.32. The Morgan fingerprint density at radius 2 is 1.94 bits per heavy atom. The van der Waals surface area contributed by atoms with E-state index in [0.29, 0.717) is 10.8 Å². The molecule has 0 aromatic carbocycles. The van der Waals surface area contributed by atoms with E-state index in [4.69, 9.17) is 15.9 Å². The molecule has 3 rings (SSSR count). The molecule has 0 atom stereocenters. The SMILES string of the molecule is N=C/C=C(\N)OCC(=O)C1C2(CC2)C12CC2. The fourth-order valence-electron chi connectivity index (χ4n) is 3.57. The number of carbonyl (C=O) groups is 1. The molecular formula is C12H16N2O2. The van der Waals surface area contributed by atoms with Crippen LogP contribution in [0.15, 0.2) is 12.0 Å². The Kier molecular flexibility index (Phi) is 1.77. The molecule has 3 fully saturated rings. The van der Waals surface area contributed by atoms with E-state index < -0.39 is 0 Å². The maximum atomic E-state index is 12.0. The highest BCUT2D eigenvalue weighted by Gasteiger charge is 2.88.